The summed E-state index contributed by atoms with van der Waals surface area (Å²) in [6.07, 6.45) is 3.52. The van der Waals surface area contributed by atoms with Crippen LogP contribution in [0.4, 0.5) is 11.4 Å². The third-order valence-corrected chi connectivity index (χ3v) is 2.22. The van der Waals surface area contributed by atoms with E-state index in [1.807, 2.05) is 36.4 Å². The summed E-state index contributed by atoms with van der Waals surface area (Å²) in [5.41, 5.74) is 8.81. The minimum absolute atomic E-state index is 0.733. The van der Waals surface area contributed by atoms with Crippen LogP contribution in [0.15, 0.2) is 48.8 Å². The van der Waals surface area contributed by atoms with Crippen molar-refractivity contribution in [3.05, 3.63) is 54.4 Å². The minimum atomic E-state index is 0.733. The Morgan fingerprint density at radius 2 is 1.80 bits per heavy atom. The second-order valence-electron chi connectivity index (χ2n) is 3.29. The summed E-state index contributed by atoms with van der Waals surface area (Å²) in [5, 5.41) is 3.28. The zero-order valence-electron chi connectivity index (χ0n) is 8.35. The standard InChI is InChI=1S/C12H13N3/c13-12-4-2-1-3-10(12)9-15-11-5-7-14-8-6-11/h1-8H,9,13H2,(H,14,15). The van der Waals surface area contributed by atoms with Crippen LogP contribution in [0.2, 0.25) is 0 Å². The van der Waals surface area contributed by atoms with E-state index < -0.39 is 0 Å². The highest BCUT2D eigenvalue weighted by Gasteiger charge is 1.96. The van der Waals surface area contributed by atoms with Crippen molar-refractivity contribution in [1.82, 2.24) is 4.98 Å². The molecule has 0 saturated heterocycles. The summed E-state index contributed by atoms with van der Waals surface area (Å²) < 4.78 is 0. The van der Waals surface area contributed by atoms with E-state index >= 15 is 0 Å². The molecule has 3 N–H and O–H groups in total. The van der Waals surface area contributed by atoms with Gasteiger partial charge in [0.1, 0.15) is 0 Å². The number of para-hydroxylation sites is 1. The number of nitrogens with two attached hydrogens (primary N) is 1. The lowest BCUT2D eigenvalue weighted by Gasteiger charge is -2.07. The summed E-state index contributed by atoms with van der Waals surface area (Å²) in [6, 6.07) is 11.7. The monoisotopic (exact) mass is 199 g/mol. The van der Waals surface area contributed by atoms with Crippen LogP contribution in [-0.4, -0.2) is 4.98 Å². The van der Waals surface area contributed by atoms with E-state index in [9.17, 15) is 0 Å². The molecule has 0 radical (unpaired) electrons. The molecular weight excluding hydrogens is 186 g/mol. The highest BCUT2D eigenvalue weighted by Crippen LogP contribution is 2.12. The maximum absolute atomic E-state index is 5.83. The molecule has 1 aromatic carbocycles. The van der Waals surface area contributed by atoms with Gasteiger partial charge in [0.25, 0.3) is 0 Å². The molecule has 2 rings (SSSR count). The van der Waals surface area contributed by atoms with Crippen LogP contribution in [0, 0.1) is 0 Å². The Morgan fingerprint density at radius 1 is 1.07 bits per heavy atom. The Bertz CT molecular complexity index is 426. The topological polar surface area (TPSA) is 50.9 Å². The van der Waals surface area contributed by atoms with Crippen molar-refractivity contribution in [1.29, 1.82) is 0 Å². The molecule has 0 aliphatic rings. The average Bonchev–Trinajstić information content (AvgIpc) is 2.29. The first-order chi connectivity index (χ1) is 7.36. The number of nitrogen functional groups attached to an aromatic ring is 1. The van der Waals surface area contributed by atoms with E-state index in [1.54, 1.807) is 12.4 Å². The number of anilines is 2. The van der Waals surface area contributed by atoms with E-state index in [4.69, 9.17) is 5.73 Å². The zero-order valence-corrected chi connectivity index (χ0v) is 8.35. The van der Waals surface area contributed by atoms with Gasteiger partial charge in [-0.3, -0.25) is 4.98 Å². The van der Waals surface area contributed by atoms with Gasteiger partial charge >= 0.3 is 0 Å². The number of hydrogen-bond acceptors (Lipinski definition) is 3. The Labute approximate surface area is 89.0 Å². The minimum Gasteiger partial charge on any atom is -0.398 e. The highest BCUT2D eigenvalue weighted by atomic mass is 14.9. The van der Waals surface area contributed by atoms with Crippen molar-refractivity contribution >= 4 is 11.4 Å². The van der Waals surface area contributed by atoms with Crippen molar-refractivity contribution in [3.8, 4) is 0 Å². The van der Waals surface area contributed by atoms with Crippen LogP contribution < -0.4 is 11.1 Å². The van der Waals surface area contributed by atoms with Gasteiger partial charge in [-0.15, -0.1) is 0 Å². The second kappa shape index (κ2) is 4.46. The molecule has 76 valence electrons. The molecule has 3 nitrogen and oxygen atoms in total. The predicted molar refractivity (Wildman–Crippen MR) is 62.4 cm³/mol. The number of aromatic nitrogens is 1. The first kappa shape index (κ1) is 9.52. The van der Waals surface area contributed by atoms with E-state index in [2.05, 4.69) is 10.3 Å². The Balaban J connectivity index is 2.03. The van der Waals surface area contributed by atoms with Crippen molar-refractivity contribution in [2.45, 2.75) is 6.54 Å². The fraction of sp³-hybridized carbons (Fsp3) is 0.0833. The Morgan fingerprint density at radius 3 is 2.53 bits per heavy atom. The lowest BCUT2D eigenvalue weighted by atomic mass is 10.2. The molecule has 1 heterocycles. The first-order valence-corrected chi connectivity index (χ1v) is 4.83. The van der Waals surface area contributed by atoms with E-state index in [1.165, 1.54) is 0 Å². The summed E-state index contributed by atoms with van der Waals surface area (Å²) in [7, 11) is 0. The molecule has 0 aliphatic heterocycles. The van der Waals surface area contributed by atoms with Gasteiger partial charge in [0.15, 0.2) is 0 Å². The highest BCUT2D eigenvalue weighted by molar-refractivity contribution is 5.49. The number of nitrogens with zero attached hydrogens (tertiary/aromatic N) is 1. The predicted octanol–water partition coefficient (Wildman–Crippen LogP) is 2.28. The van der Waals surface area contributed by atoms with Crippen LogP contribution in [0.25, 0.3) is 0 Å². The van der Waals surface area contributed by atoms with Gasteiger partial charge in [-0.2, -0.15) is 0 Å². The second-order valence-corrected chi connectivity index (χ2v) is 3.29. The molecule has 0 spiro atoms. The summed E-state index contributed by atoms with van der Waals surface area (Å²) in [4.78, 5) is 3.95. The lowest BCUT2D eigenvalue weighted by Crippen LogP contribution is -2.02. The molecule has 0 atom stereocenters. The summed E-state index contributed by atoms with van der Waals surface area (Å²) >= 11 is 0. The van der Waals surface area contributed by atoms with E-state index in [0.717, 1.165) is 23.5 Å². The van der Waals surface area contributed by atoms with E-state index in [0.29, 0.717) is 0 Å². The van der Waals surface area contributed by atoms with Crippen molar-refractivity contribution in [2.24, 2.45) is 0 Å². The Hall–Kier alpha value is -2.03. The summed E-state index contributed by atoms with van der Waals surface area (Å²) in [5.74, 6) is 0. The van der Waals surface area contributed by atoms with Crippen LogP contribution >= 0.6 is 0 Å². The molecule has 0 bridgehead atoms. The van der Waals surface area contributed by atoms with Gasteiger partial charge in [-0.25, -0.2) is 0 Å². The van der Waals surface area contributed by atoms with Crippen molar-refractivity contribution < 1.29 is 0 Å². The fourth-order valence-corrected chi connectivity index (χ4v) is 1.36. The fourth-order valence-electron chi connectivity index (χ4n) is 1.36. The maximum Gasteiger partial charge on any atom is 0.0421 e. The first-order valence-electron chi connectivity index (χ1n) is 4.83. The molecule has 0 unspecified atom stereocenters. The van der Waals surface area contributed by atoms with Crippen molar-refractivity contribution in [3.63, 3.8) is 0 Å². The van der Waals surface area contributed by atoms with E-state index in [-0.39, 0.29) is 0 Å². The van der Waals surface area contributed by atoms with Gasteiger partial charge in [-0.1, -0.05) is 18.2 Å². The molecule has 2 aromatic rings. The number of rotatable bonds is 3. The molecule has 1 aromatic heterocycles. The van der Waals surface area contributed by atoms with Crippen LogP contribution in [-0.2, 0) is 6.54 Å². The van der Waals surface area contributed by atoms with Gasteiger partial charge in [0.05, 0.1) is 0 Å². The Kier molecular flexibility index (Phi) is 2.83. The number of pyridine rings is 1. The van der Waals surface area contributed by atoms with Crippen LogP contribution in [0.1, 0.15) is 5.56 Å². The molecule has 0 fully saturated rings. The molecule has 15 heavy (non-hydrogen) atoms. The average molecular weight is 199 g/mol. The SMILES string of the molecule is Nc1ccccc1CNc1ccncc1. The molecular formula is C12H13N3. The van der Waals surface area contributed by atoms with Crippen LogP contribution in [0.5, 0.6) is 0 Å². The van der Waals surface area contributed by atoms with Gasteiger partial charge < -0.3 is 11.1 Å². The maximum atomic E-state index is 5.83. The number of benzene rings is 1. The molecule has 0 amide bonds. The quantitative estimate of drug-likeness (QED) is 0.745. The lowest BCUT2D eigenvalue weighted by molar-refractivity contribution is 1.15. The third-order valence-electron chi connectivity index (χ3n) is 2.22. The smallest absolute Gasteiger partial charge is 0.0421 e. The molecule has 3 heteroatoms. The molecule has 0 aliphatic carbocycles. The van der Waals surface area contributed by atoms with Crippen LogP contribution in [0.3, 0.4) is 0 Å². The zero-order chi connectivity index (χ0) is 10.5. The van der Waals surface area contributed by atoms with Gasteiger partial charge in [-0.05, 0) is 23.8 Å². The normalized spacial score (nSPS) is 9.87. The largest absolute Gasteiger partial charge is 0.398 e. The van der Waals surface area contributed by atoms with Gasteiger partial charge in [0.2, 0.25) is 0 Å². The number of nitrogens with one attached hydrogen (secondary N) is 1. The molecule has 0 saturated carbocycles. The number of hydrogen-bond donors (Lipinski definition) is 2. The summed E-state index contributed by atoms with van der Waals surface area (Å²) in [6.45, 7) is 0.733. The van der Waals surface area contributed by atoms with Crippen molar-refractivity contribution in [2.75, 3.05) is 11.1 Å². The third kappa shape index (κ3) is 2.47. The van der Waals surface area contributed by atoms with Gasteiger partial charge in [0, 0.05) is 30.3 Å².